The van der Waals surface area contributed by atoms with Crippen LogP contribution >= 0.6 is 11.8 Å². The normalized spacial score (nSPS) is 12.9. The molecule has 1 aliphatic rings. The molecule has 3 heteroatoms. The van der Waals surface area contributed by atoms with E-state index in [2.05, 4.69) is 48.3 Å². The lowest BCUT2D eigenvalue weighted by molar-refractivity contribution is 0.413. The Bertz CT molecular complexity index is 568. The second kappa shape index (κ2) is 4.00. The van der Waals surface area contributed by atoms with Crippen molar-refractivity contribution >= 4 is 23.1 Å². The van der Waals surface area contributed by atoms with Crippen molar-refractivity contribution in [2.24, 2.45) is 0 Å². The number of nitrogens with zero attached hydrogens (tertiary/aromatic N) is 1. The molecule has 2 aromatic rings. The molecule has 0 aromatic heterocycles. The topological polar surface area (TPSA) is 12.5 Å². The number of anilines is 2. The predicted molar refractivity (Wildman–Crippen MR) is 71.6 cm³/mol. The first-order valence-electron chi connectivity index (χ1n) is 5.48. The first-order chi connectivity index (χ1) is 8.29. The fraction of sp³-hybridized carbons (Fsp3) is 0.143. The van der Waals surface area contributed by atoms with Crippen molar-refractivity contribution in [1.29, 1.82) is 0 Å². The van der Waals surface area contributed by atoms with E-state index >= 15 is 0 Å². The molecule has 86 valence electrons. The van der Waals surface area contributed by atoms with Gasteiger partial charge >= 0.3 is 0 Å². The lowest BCUT2D eigenvalue weighted by atomic mass is 10.2. The van der Waals surface area contributed by atoms with Crippen molar-refractivity contribution < 1.29 is 4.74 Å². The van der Waals surface area contributed by atoms with Gasteiger partial charge in [-0.05, 0) is 30.3 Å². The first kappa shape index (κ1) is 10.5. The molecule has 3 rings (SSSR count). The van der Waals surface area contributed by atoms with Gasteiger partial charge in [0.05, 0.1) is 18.5 Å². The Morgan fingerprint density at radius 3 is 2.59 bits per heavy atom. The van der Waals surface area contributed by atoms with Crippen LogP contribution in [0.25, 0.3) is 0 Å². The Morgan fingerprint density at radius 1 is 1.00 bits per heavy atom. The van der Waals surface area contributed by atoms with Crippen LogP contribution in [-0.2, 0) is 0 Å². The molecular weight excluding hydrogens is 230 g/mol. The molecule has 0 fully saturated rings. The van der Waals surface area contributed by atoms with Crippen molar-refractivity contribution in [3.05, 3.63) is 42.5 Å². The fourth-order valence-electron chi connectivity index (χ4n) is 2.05. The summed E-state index contributed by atoms with van der Waals surface area (Å²) in [4.78, 5) is 4.75. The van der Waals surface area contributed by atoms with Gasteiger partial charge in [-0.2, -0.15) is 0 Å². The lowest BCUT2D eigenvalue weighted by Gasteiger charge is -2.29. The molecular formula is C14H13NOS. The maximum atomic E-state index is 5.27. The smallest absolute Gasteiger partial charge is 0.120 e. The minimum absolute atomic E-state index is 0.907. The van der Waals surface area contributed by atoms with Gasteiger partial charge in [-0.1, -0.05) is 23.9 Å². The van der Waals surface area contributed by atoms with Crippen molar-refractivity contribution in [3.63, 3.8) is 0 Å². The number of hydrogen-bond donors (Lipinski definition) is 0. The van der Waals surface area contributed by atoms with Crippen LogP contribution in [0.4, 0.5) is 11.4 Å². The number of benzene rings is 2. The molecule has 0 saturated heterocycles. The summed E-state index contributed by atoms with van der Waals surface area (Å²) in [5.74, 6) is 0.907. The van der Waals surface area contributed by atoms with E-state index in [0.717, 1.165) is 5.75 Å². The van der Waals surface area contributed by atoms with E-state index in [9.17, 15) is 0 Å². The zero-order valence-electron chi connectivity index (χ0n) is 9.81. The highest BCUT2D eigenvalue weighted by molar-refractivity contribution is 7.99. The molecule has 2 aromatic carbocycles. The lowest BCUT2D eigenvalue weighted by Crippen LogP contribution is -2.14. The van der Waals surface area contributed by atoms with Crippen LogP contribution in [0.15, 0.2) is 52.3 Å². The van der Waals surface area contributed by atoms with Gasteiger partial charge in [0.25, 0.3) is 0 Å². The zero-order chi connectivity index (χ0) is 11.8. The van der Waals surface area contributed by atoms with E-state index in [-0.39, 0.29) is 0 Å². The summed E-state index contributed by atoms with van der Waals surface area (Å²) in [6.07, 6.45) is 0. The van der Waals surface area contributed by atoms with E-state index in [1.165, 1.54) is 21.2 Å². The molecule has 0 spiro atoms. The Hall–Kier alpha value is -1.61. The maximum Gasteiger partial charge on any atom is 0.120 e. The van der Waals surface area contributed by atoms with Gasteiger partial charge in [0.2, 0.25) is 0 Å². The zero-order valence-corrected chi connectivity index (χ0v) is 10.6. The number of ether oxygens (including phenoxy) is 1. The Morgan fingerprint density at radius 2 is 1.76 bits per heavy atom. The van der Waals surface area contributed by atoms with Crippen LogP contribution in [0.5, 0.6) is 5.75 Å². The summed E-state index contributed by atoms with van der Waals surface area (Å²) < 4.78 is 5.27. The SMILES string of the molecule is COc1ccc2c(c1)Sc1ccccc1N2C. The van der Waals surface area contributed by atoms with Gasteiger partial charge < -0.3 is 9.64 Å². The maximum absolute atomic E-state index is 5.27. The molecule has 17 heavy (non-hydrogen) atoms. The van der Waals surface area contributed by atoms with Crippen LogP contribution in [0.1, 0.15) is 0 Å². The average Bonchev–Trinajstić information content (AvgIpc) is 2.38. The van der Waals surface area contributed by atoms with Gasteiger partial charge in [-0.15, -0.1) is 0 Å². The molecule has 0 unspecified atom stereocenters. The van der Waals surface area contributed by atoms with Crippen LogP contribution in [0, 0.1) is 0 Å². The van der Waals surface area contributed by atoms with E-state index in [1.807, 2.05) is 6.07 Å². The largest absolute Gasteiger partial charge is 0.497 e. The summed E-state index contributed by atoms with van der Waals surface area (Å²) in [5.41, 5.74) is 2.49. The van der Waals surface area contributed by atoms with Gasteiger partial charge in [0.15, 0.2) is 0 Å². The molecule has 0 atom stereocenters. The summed E-state index contributed by atoms with van der Waals surface area (Å²) in [5, 5.41) is 0. The van der Waals surface area contributed by atoms with E-state index < -0.39 is 0 Å². The number of hydrogen-bond acceptors (Lipinski definition) is 3. The van der Waals surface area contributed by atoms with Gasteiger partial charge in [0.1, 0.15) is 5.75 Å². The third-order valence-corrected chi connectivity index (χ3v) is 4.09. The molecule has 0 aliphatic carbocycles. The Labute approximate surface area is 105 Å². The van der Waals surface area contributed by atoms with Crippen molar-refractivity contribution in [3.8, 4) is 5.75 Å². The molecule has 0 N–H and O–H groups in total. The number of rotatable bonds is 1. The molecule has 0 amide bonds. The molecule has 0 bridgehead atoms. The van der Waals surface area contributed by atoms with Crippen molar-refractivity contribution in [1.82, 2.24) is 0 Å². The second-order valence-corrected chi connectivity index (χ2v) is 5.05. The van der Waals surface area contributed by atoms with Crippen LogP contribution in [0.2, 0.25) is 0 Å². The highest BCUT2D eigenvalue weighted by Gasteiger charge is 2.20. The monoisotopic (exact) mass is 243 g/mol. The highest BCUT2D eigenvalue weighted by atomic mass is 32.2. The fourth-order valence-corrected chi connectivity index (χ4v) is 3.23. The summed E-state index contributed by atoms with van der Waals surface area (Å²) in [7, 11) is 3.80. The number of fused-ring (bicyclic) bond motifs is 2. The summed E-state index contributed by atoms with van der Waals surface area (Å²) in [6.45, 7) is 0. The van der Waals surface area contributed by atoms with Crippen molar-refractivity contribution in [2.75, 3.05) is 19.1 Å². The summed E-state index contributed by atoms with van der Waals surface area (Å²) >= 11 is 1.79. The molecule has 1 heterocycles. The average molecular weight is 243 g/mol. The van der Waals surface area contributed by atoms with Crippen LogP contribution in [0.3, 0.4) is 0 Å². The number of methoxy groups -OCH3 is 1. The summed E-state index contributed by atoms with van der Waals surface area (Å²) in [6, 6.07) is 14.6. The minimum Gasteiger partial charge on any atom is -0.497 e. The Balaban J connectivity index is 2.12. The van der Waals surface area contributed by atoms with E-state index in [4.69, 9.17) is 4.74 Å². The van der Waals surface area contributed by atoms with Crippen molar-refractivity contribution in [2.45, 2.75) is 9.79 Å². The first-order valence-corrected chi connectivity index (χ1v) is 6.30. The molecule has 0 radical (unpaired) electrons. The minimum atomic E-state index is 0.907. The van der Waals surface area contributed by atoms with E-state index in [0.29, 0.717) is 0 Å². The van der Waals surface area contributed by atoms with Gasteiger partial charge in [-0.3, -0.25) is 0 Å². The second-order valence-electron chi connectivity index (χ2n) is 3.96. The van der Waals surface area contributed by atoms with E-state index in [1.54, 1.807) is 18.9 Å². The molecule has 1 aliphatic heterocycles. The molecule has 2 nitrogen and oxygen atoms in total. The van der Waals surface area contributed by atoms with Crippen LogP contribution in [-0.4, -0.2) is 14.2 Å². The molecule has 0 saturated carbocycles. The third kappa shape index (κ3) is 1.67. The van der Waals surface area contributed by atoms with Gasteiger partial charge in [-0.25, -0.2) is 0 Å². The quantitative estimate of drug-likeness (QED) is 0.753. The van der Waals surface area contributed by atoms with Gasteiger partial charge in [0, 0.05) is 16.8 Å². The van der Waals surface area contributed by atoms with Crippen LogP contribution < -0.4 is 9.64 Å². The number of para-hydroxylation sites is 1. The third-order valence-electron chi connectivity index (χ3n) is 2.97. The predicted octanol–water partition coefficient (Wildman–Crippen LogP) is 3.93. The Kier molecular flexibility index (Phi) is 2.48. The standard InChI is InChI=1S/C14H13NOS/c1-15-11-5-3-4-6-13(11)17-14-9-10(16-2)7-8-12(14)15/h3-9H,1-2H3. The highest BCUT2D eigenvalue weighted by Crippen LogP contribution is 2.48.